The summed E-state index contributed by atoms with van der Waals surface area (Å²) in [4.78, 5) is 11.8. The summed E-state index contributed by atoms with van der Waals surface area (Å²) in [7, 11) is -3.56. The third kappa shape index (κ3) is 4.45. The number of sulfonamides is 1. The minimum atomic E-state index is -3.56. The fourth-order valence-corrected chi connectivity index (χ4v) is 3.21. The molecule has 1 aromatic carbocycles. The Kier molecular flexibility index (Phi) is 4.23. The molecule has 20 heavy (non-hydrogen) atoms. The van der Waals surface area contributed by atoms with Crippen molar-refractivity contribution in [1.29, 1.82) is 0 Å². The van der Waals surface area contributed by atoms with Gasteiger partial charge in [0.15, 0.2) is 0 Å². The van der Waals surface area contributed by atoms with Crippen molar-refractivity contribution in [2.75, 3.05) is 5.75 Å². The molecule has 1 saturated carbocycles. The summed E-state index contributed by atoms with van der Waals surface area (Å²) < 4.78 is 38.2. The summed E-state index contributed by atoms with van der Waals surface area (Å²) in [6.45, 7) is 1.52. The Bertz CT molecular complexity index is 631. The van der Waals surface area contributed by atoms with Crippen LogP contribution in [-0.2, 0) is 14.8 Å². The molecule has 0 aliphatic heterocycles. The van der Waals surface area contributed by atoms with Gasteiger partial charge in [-0.1, -0.05) is 12.1 Å². The monoisotopic (exact) mass is 297 g/mol. The zero-order chi connectivity index (χ0) is 14.8. The standard InChI is InChI=1S/C14H16FNO3S/c1-10(8-11-4-6-13(15)7-5-11)14(17)16-20(18,19)9-12-2-3-12/h4-8,12H,2-3,9H2,1H3,(H,16,17). The number of halogens is 1. The normalized spacial score (nSPS) is 16.0. The maximum Gasteiger partial charge on any atom is 0.260 e. The summed E-state index contributed by atoms with van der Waals surface area (Å²) in [5.74, 6) is -0.823. The van der Waals surface area contributed by atoms with Gasteiger partial charge < -0.3 is 0 Å². The molecule has 1 aliphatic rings. The lowest BCUT2D eigenvalue weighted by Crippen LogP contribution is -2.33. The third-order valence-electron chi connectivity index (χ3n) is 3.01. The number of carbonyl (C=O) groups excluding carboxylic acids is 1. The topological polar surface area (TPSA) is 63.2 Å². The Morgan fingerprint density at radius 2 is 1.95 bits per heavy atom. The van der Waals surface area contributed by atoms with E-state index in [0.29, 0.717) is 5.56 Å². The van der Waals surface area contributed by atoms with E-state index in [0.717, 1.165) is 12.8 Å². The van der Waals surface area contributed by atoms with Crippen LogP contribution in [0, 0.1) is 11.7 Å². The molecule has 1 aliphatic carbocycles. The van der Waals surface area contributed by atoms with E-state index in [1.54, 1.807) is 0 Å². The molecule has 1 fully saturated rings. The average Bonchev–Trinajstić information content (AvgIpc) is 3.14. The molecule has 0 bridgehead atoms. The molecule has 1 N–H and O–H groups in total. The van der Waals surface area contributed by atoms with E-state index in [4.69, 9.17) is 0 Å². The number of nitrogens with one attached hydrogen (secondary N) is 1. The highest BCUT2D eigenvalue weighted by molar-refractivity contribution is 7.90. The minimum absolute atomic E-state index is 0.00255. The van der Waals surface area contributed by atoms with Crippen LogP contribution in [0.5, 0.6) is 0 Å². The van der Waals surface area contributed by atoms with E-state index in [-0.39, 0.29) is 23.1 Å². The van der Waals surface area contributed by atoms with E-state index in [1.165, 1.54) is 37.3 Å². The number of rotatable bonds is 5. The van der Waals surface area contributed by atoms with E-state index in [9.17, 15) is 17.6 Å². The smallest absolute Gasteiger partial charge is 0.260 e. The highest BCUT2D eigenvalue weighted by Crippen LogP contribution is 2.29. The van der Waals surface area contributed by atoms with Gasteiger partial charge in [0.25, 0.3) is 5.91 Å². The van der Waals surface area contributed by atoms with Crippen LogP contribution >= 0.6 is 0 Å². The van der Waals surface area contributed by atoms with Crippen molar-refractivity contribution in [2.45, 2.75) is 19.8 Å². The van der Waals surface area contributed by atoms with E-state index >= 15 is 0 Å². The quantitative estimate of drug-likeness (QED) is 0.846. The number of carbonyl (C=O) groups is 1. The van der Waals surface area contributed by atoms with Crippen LogP contribution in [0.4, 0.5) is 4.39 Å². The van der Waals surface area contributed by atoms with Gasteiger partial charge in [0, 0.05) is 5.57 Å². The number of hydrogen-bond acceptors (Lipinski definition) is 3. The number of benzene rings is 1. The third-order valence-corrected chi connectivity index (χ3v) is 4.42. The second kappa shape index (κ2) is 5.75. The van der Waals surface area contributed by atoms with Gasteiger partial charge in [-0.15, -0.1) is 0 Å². The van der Waals surface area contributed by atoms with Crippen LogP contribution in [0.25, 0.3) is 6.08 Å². The average molecular weight is 297 g/mol. The van der Waals surface area contributed by atoms with E-state index in [1.807, 2.05) is 4.72 Å². The summed E-state index contributed by atoms with van der Waals surface area (Å²) in [6.07, 6.45) is 3.32. The van der Waals surface area contributed by atoms with E-state index < -0.39 is 15.9 Å². The van der Waals surface area contributed by atoms with Crippen LogP contribution in [0.3, 0.4) is 0 Å². The van der Waals surface area contributed by atoms with Crippen molar-refractivity contribution < 1.29 is 17.6 Å². The van der Waals surface area contributed by atoms with E-state index in [2.05, 4.69) is 0 Å². The van der Waals surface area contributed by atoms with Gasteiger partial charge in [-0.3, -0.25) is 4.79 Å². The maximum absolute atomic E-state index is 12.8. The molecule has 0 radical (unpaired) electrons. The second-order valence-electron chi connectivity index (χ2n) is 5.03. The lowest BCUT2D eigenvalue weighted by atomic mass is 10.1. The summed E-state index contributed by atoms with van der Waals surface area (Å²) >= 11 is 0. The number of amides is 1. The molecular formula is C14H16FNO3S. The van der Waals surface area contributed by atoms with Gasteiger partial charge in [-0.05, 0) is 49.5 Å². The highest BCUT2D eigenvalue weighted by Gasteiger charge is 2.29. The van der Waals surface area contributed by atoms with Gasteiger partial charge in [0.2, 0.25) is 10.0 Å². The van der Waals surface area contributed by atoms with Gasteiger partial charge in [0.1, 0.15) is 5.82 Å². The highest BCUT2D eigenvalue weighted by atomic mass is 32.2. The van der Waals surface area contributed by atoms with Gasteiger partial charge in [-0.25, -0.2) is 17.5 Å². The molecule has 0 unspecified atom stereocenters. The SMILES string of the molecule is CC(=Cc1ccc(F)cc1)C(=O)NS(=O)(=O)CC1CC1. The zero-order valence-corrected chi connectivity index (χ0v) is 11.9. The first-order valence-electron chi connectivity index (χ1n) is 6.34. The molecule has 6 heteroatoms. The fraction of sp³-hybridized carbons (Fsp3) is 0.357. The lowest BCUT2D eigenvalue weighted by Gasteiger charge is -2.06. The van der Waals surface area contributed by atoms with Crippen LogP contribution in [-0.4, -0.2) is 20.1 Å². The fourth-order valence-electron chi connectivity index (χ4n) is 1.73. The van der Waals surface area contributed by atoms with Crippen LogP contribution < -0.4 is 4.72 Å². The molecule has 0 aromatic heterocycles. The number of hydrogen-bond donors (Lipinski definition) is 1. The maximum atomic E-state index is 12.8. The second-order valence-corrected chi connectivity index (χ2v) is 6.80. The first-order valence-corrected chi connectivity index (χ1v) is 7.99. The van der Waals surface area contributed by atoms with Crippen molar-refractivity contribution in [3.05, 3.63) is 41.2 Å². The van der Waals surface area contributed by atoms with Crippen molar-refractivity contribution in [1.82, 2.24) is 4.72 Å². The van der Waals surface area contributed by atoms with Crippen LogP contribution in [0.15, 0.2) is 29.8 Å². The predicted octanol–water partition coefficient (Wildman–Crippen LogP) is 2.08. The Morgan fingerprint density at radius 3 is 2.50 bits per heavy atom. The van der Waals surface area contributed by atoms with Crippen molar-refractivity contribution in [3.8, 4) is 0 Å². The van der Waals surface area contributed by atoms with Crippen molar-refractivity contribution in [3.63, 3.8) is 0 Å². The van der Waals surface area contributed by atoms with Gasteiger partial charge >= 0.3 is 0 Å². The molecule has 0 atom stereocenters. The molecule has 0 heterocycles. The zero-order valence-electron chi connectivity index (χ0n) is 11.1. The first-order chi connectivity index (χ1) is 9.35. The van der Waals surface area contributed by atoms with Crippen LogP contribution in [0.2, 0.25) is 0 Å². The largest absolute Gasteiger partial charge is 0.269 e. The molecular weight excluding hydrogens is 281 g/mol. The molecule has 0 saturated heterocycles. The molecule has 1 aromatic rings. The van der Waals surface area contributed by atoms with Crippen molar-refractivity contribution >= 4 is 22.0 Å². The molecule has 2 rings (SSSR count). The van der Waals surface area contributed by atoms with Crippen molar-refractivity contribution in [2.24, 2.45) is 5.92 Å². The molecule has 1 amide bonds. The van der Waals surface area contributed by atoms with Crippen LogP contribution in [0.1, 0.15) is 25.3 Å². The summed E-state index contributed by atoms with van der Waals surface area (Å²) in [6, 6.07) is 5.59. The Labute approximate surface area is 117 Å². The Morgan fingerprint density at radius 1 is 1.35 bits per heavy atom. The molecule has 4 nitrogen and oxygen atoms in total. The minimum Gasteiger partial charge on any atom is -0.269 e. The van der Waals surface area contributed by atoms with Gasteiger partial charge in [-0.2, -0.15) is 0 Å². The Balaban J connectivity index is 2.02. The lowest BCUT2D eigenvalue weighted by molar-refractivity contribution is -0.115. The molecule has 0 spiro atoms. The molecule has 108 valence electrons. The van der Waals surface area contributed by atoms with Gasteiger partial charge in [0.05, 0.1) is 5.75 Å². The Hall–Kier alpha value is -1.69. The predicted molar refractivity (Wildman–Crippen MR) is 74.7 cm³/mol. The summed E-state index contributed by atoms with van der Waals surface area (Å²) in [5.41, 5.74) is 0.898. The summed E-state index contributed by atoms with van der Waals surface area (Å²) in [5, 5.41) is 0. The first kappa shape index (κ1) is 14.7.